The van der Waals surface area contributed by atoms with Gasteiger partial charge in [0.25, 0.3) is 0 Å². The molecule has 0 aliphatic rings. The van der Waals surface area contributed by atoms with Gasteiger partial charge in [0.1, 0.15) is 5.75 Å². The van der Waals surface area contributed by atoms with Crippen molar-refractivity contribution < 1.29 is 4.74 Å². The first-order valence-electron chi connectivity index (χ1n) is 7.13. The van der Waals surface area contributed by atoms with Crippen molar-refractivity contribution >= 4 is 21.4 Å². The first kappa shape index (κ1) is 14.1. The standard InChI is InChI=1S/C18H19NOS/c1-12(2)20-15-7-3-6-14(11-15)17(19)16-8-4-5-13-9-10-21-18(13)16/h3-12,17H,19H2,1-2H3. The molecule has 0 fully saturated rings. The molecule has 0 spiro atoms. The number of benzene rings is 2. The Morgan fingerprint density at radius 3 is 2.67 bits per heavy atom. The first-order valence-corrected chi connectivity index (χ1v) is 8.01. The van der Waals surface area contributed by atoms with Gasteiger partial charge in [0, 0.05) is 4.70 Å². The van der Waals surface area contributed by atoms with E-state index in [-0.39, 0.29) is 12.1 Å². The van der Waals surface area contributed by atoms with Gasteiger partial charge in [-0.2, -0.15) is 0 Å². The summed E-state index contributed by atoms with van der Waals surface area (Å²) in [5, 5.41) is 3.36. The lowest BCUT2D eigenvalue weighted by atomic mass is 9.98. The Bertz CT molecular complexity index is 748. The lowest BCUT2D eigenvalue weighted by molar-refractivity contribution is 0.242. The van der Waals surface area contributed by atoms with Crippen molar-refractivity contribution in [1.82, 2.24) is 0 Å². The van der Waals surface area contributed by atoms with Gasteiger partial charge in [-0.25, -0.2) is 0 Å². The third-order valence-corrected chi connectivity index (χ3v) is 4.41. The maximum atomic E-state index is 6.49. The summed E-state index contributed by atoms with van der Waals surface area (Å²) < 4.78 is 7.02. The van der Waals surface area contributed by atoms with E-state index in [1.165, 1.54) is 15.6 Å². The predicted octanol–water partition coefficient (Wildman–Crippen LogP) is 4.74. The molecule has 2 nitrogen and oxygen atoms in total. The Morgan fingerprint density at radius 1 is 1.05 bits per heavy atom. The van der Waals surface area contributed by atoms with Gasteiger partial charge >= 0.3 is 0 Å². The van der Waals surface area contributed by atoms with Crippen molar-refractivity contribution in [1.29, 1.82) is 0 Å². The zero-order valence-corrected chi connectivity index (χ0v) is 13.1. The molecule has 3 aromatic rings. The Morgan fingerprint density at radius 2 is 1.86 bits per heavy atom. The molecule has 2 N–H and O–H groups in total. The zero-order chi connectivity index (χ0) is 14.8. The normalized spacial score (nSPS) is 12.8. The van der Waals surface area contributed by atoms with E-state index in [0.29, 0.717) is 0 Å². The van der Waals surface area contributed by atoms with Crippen LogP contribution in [0.5, 0.6) is 5.75 Å². The smallest absolute Gasteiger partial charge is 0.120 e. The van der Waals surface area contributed by atoms with Crippen molar-refractivity contribution in [2.45, 2.75) is 26.0 Å². The molecule has 0 bridgehead atoms. The molecule has 1 heterocycles. The van der Waals surface area contributed by atoms with E-state index in [1.807, 2.05) is 32.0 Å². The van der Waals surface area contributed by atoms with Crippen LogP contribution in [0.15, 0.2) is 53.9 Å². The van der Waals surface area contributed by atoms with Crippen LogP contribution < -0.4 is 10.5 Å². The number of hydrogen-bond acceptors (Lipinski definition) is 3. The number of ether oxygens (including phenoxy) is 1. The molecule has 0 amide bonds. The molecule has 0 aliphatic carbocycles. The molecule has 108 valence electrons. The maximum Gasteiger partial charge on any atom is 0.120 e. The van der Waals surface area contributed by atoms with Crippen LogP contribution >= 0.6 is 11.3 Å². The van der Waals surface area contributed by atoms with Gasteiger partial charge in [-0.15, -0.1) is 11.3 Å². The third-order valence-electron chi connectivity index (χ3n) is 3.43. The Hall–Kier alpha value is -1.84. The second kappa shape index (κ2) is 5.88. The highest BCUT2D eigenvalue weighted by Crippen LogP contribution is 2.32. The second-order valence-corrected chi connectivity index (χ2v) is 6.32. The monoisotopic (exact) mass is 297 g/mol. The molecule has 2 aromatic carbocycles. The molecule has 3 heteroatoms. The molecule has 1 aromatic heterocycles. The van der Waals surface area contributed by atoms with Crippen molar-refractivity contribution in [3.63, 3.8) is 0 Å². The van der Waals surface area contributed by atoms with Gasteiger partial charge in [-0.3, -0.25) is 0 Å². The average Bonchev–Trinajstić information content (AvgIpc) is 2.94. The minimum absolute atomic E-state index is 0.136. The molecule has 0 saturated carbocycles. The molecule has 21 heavy (non-hydrogen) atoms. The van der Waals surface area contributed by atoms with Crippen molar-refractivity contribution in [2.24, 2.45) is 5.73 Å². The largest absolute Gasteiger partial charge is 0.491 e. The highest BCUT2D eigenvalue weighted by molar-refractivity contribution is 7.17. The van der Waals surface area contributed by atoms with Gasteiger partial charge in [0.15, 0.2) is 0 Å². The fourth-order valence-electron chi connectivity index (χ4n) is 2.49. The number of nitrogens with two attached hydrogens (primary N) is 1. The summed E-state index contributed by atoms with van der Waals surface area (Å²) in [6.07, 6.45) is 0.164. The quantitative estimate of drug-likeness (QED) is 0.755. The fraction of sp³-hybridized carbons (Fsp3) is 0.222. The summed E-state index contributed by atoms with van der Waals surface area (Å²) in [6, 6.07) is 16.4. The lowest BCUT2D eigenvalue weighted by Gasteiger charge is -2.16. The van der Waals surface area contributed by atoms with Crippen LogP contribution in [0.4, 0.5) is 0 Å². The molecule has 0 radical (unpaired) electrons. The zero-order valence-electron chi connectivity index (χ0n) is 12.2. The van der Waals surface area contributed by atoms with E-state index in [1.54, 1.807) is 11.3 Å². The molecule has 1 atom stereocenters. The maximum absolute atomic E-state index is 6.49. The SMILES string of the molecule is CC(C)Oc1cccc(C(N)c2cccc3ccsc23)c1. The van der Waals surface area contributed by atoms with E-state index in [4.69, 9.17) is 10.5 Å². The first-order chi connectivity index (χ1) is 10.1. The highest BCUT2D eigenvalue weighted by Gasteiger charge is 2.13. The molecule has 0 aliphatic heterocycles. The van der Waals surface area contributed by atoms with Crippen molar-refractivity contribution in [3.8, 4) is 5.75 Å². The van der Waals surface area contributed by atoms with Crippen LogP contribution in [0.25, 0.3) is 10.1 Å². The van der Waals surface area contributed by atoms with Gasteiger partial charge in [-0.05, 0) is 53.9 Å². The number of thiophene rings is 1. The minimum Gasteiger partial charge on any atom is -0.491 e. The second-order valence-electron chi connectivity index (χ2n) is 5.40. The molecule has 3 rings (SSSR count). The predicted molar refractivity (Wildman–Crippen MR) is 90.1 cm³/mol. The summed E-state index contributed by atoms with van der Waals surface area (Å²) in [4.78, 5) is 0. The number of hydrogen-bond donors (Lipinski definition) is 1. The number of fused-ring (bicyclic) bond motifs is 1. The van der Waals surface area contributed by atoms with Crippen LogP contribution in [0.2, 0.25) is 0 Å². The van der Waals surface area contributed by atoms with E-state index in [0.717, 1.165) is 11.3 Å². The van der Waals surface area contributed by atoms with Gasteiger partial charge < -0.3 is 10.5 Å². The van der Waals surface area contributed by atoms with Crippen LogP contribution in [0.1, 0.15) is 31.0 Å². The summed E-state index contributed by atoms with van der Waals surface area (Å²) in [5.41, 5.74) is 8.74. The van der Waals surface area contributed by atoms with Crippen LogP contribution in [0, 0.1) is 0 Å². The third kappa shape index (κ3) is 2.94. The van der Waals surface area contributed by atoms with E-state index in [2.05, 4.69) is 35.7 Å². The van der Waals surface area contributed by atoms with Crippen molar-refractivity contribution in [2.75, 3.05) is 0 Å². The van der Waals surface area contributed by atoms with E-state index < -0.39 is 0 Å². The fourth-order valence-corrected chi connectivity index (χ4v) is 3.45. The average molecular weight is 297 g/mol. The van der Waals surface area contributed by atoms with Gasteiger partial charge in [-0.1, -0.05) is 30.3 Å². The summed E-state index contributed by atoms with van der Waals surface area (Å²) in [6.45, 7) is 4.05. The topological polar surface area (TPSA) is 35.2 Å². The Labute approximate surface area is 129 Å². The Balaban J connectivity index is 1.98. The highest BCUT2D eigenvalue weighted by atomic mass is 32.1. The molecule has 0 saturated heterocycles. The van der Waals surface area contributed by atoms with Crippen LogP contribution in [0.3, 0.4) is 0 Å². The van der Waals surface area contributed by atoms with E-state index in [9.17, 15) is 0 Å². The number of rotatable bonds is 4. The molecular weight excluding hydrogens is 278 g/mol. The van der Waals surface area contributed by atoms with Crippen LogP contribution in [-0.4, -0.2) is 6.10 Å². The van der Waals surface area contributed by atoms with Gasteiger partial charge in [0.05, 0.1) is 12.1 Å². The summed E-state index contributed by atoms with van der Waals surface area (Å²) >= 11 is 1.74. The lowest BCUT2D eigenvalue weighted by Crippen LogP contribution is -2.12. The Kier molecular flexibility index (Phi) is 3.95. The van der Waals surface area contributed by atoms with Crippen molar-refractivity contribution in [3.05, 3.63) is 65.0 Å². The van der Waals surface area contributed by atoms with Gasteiger partial charge in [0.2, 0.25) is 0 Å². The van der Waals surface area contributed by atoms with Crippen LogP contribution in [-0.2, 0) is 0 Å². The summed E-state index contributed by atoms with van der Waals surface area (Å²) in [5.74, 6) is 0.872. The van der Waals surface area contributed by atoms with E-state index >= 15 is 0 Å². The minimum atomic E-state index is -0.136. The summed E-state index contributed by atoms with van der Waals surface area (Å²) in [7, 11) is 0. The molecule has 1 unspecified atom stereocenters. The molecular formula is C18H19NOS.